The molecule has 5 nitrogen and oxygen atoms in total. The van der Waals surface area contributed by atoms with Crippen molar-refractivity contribution in [2.24, 2.45) is 0 Å². The van der Waals surface area contributed by atoms with Crippen LogP contribution in [0.3, 0.4) is 0 Å². The summed E-state index contributed by atoms with van der Waals surface area (Å²) in [7, 11) is -4.43. The van der Waals surface area contributed by atoms with Crippen molar-refractivity contribution in [3.05, 3.63) is 48.0 Å². The van der Waals surface area contributed by atoms with Crippen molar-refractivity contribution in [3.8, 4) is 17.2 Å². The van der Waals surface area contributed by atoms with Crippen molar-refractivity contribution in [1.82, 2.24) is 0 Å². The van der Waals surface area contributed by atoms with Crippen LogP contribution in [0.2, 0.25) is 0 Å². The van der Waals surface area contributed by atoms with Crippen LogP contribution in [0.15, 0.2) is 47.4 Å². The van der Waals surface area contributed by atoms with Crippen LogP contribution >= 0.6 is 0 Å². The van der Waals surface area contributed by atoms with E-state index in [1.165, 1.54) is 76.0 Å². The van der Waals surface area contributed by atoms with Gasteiger partial charge in [0, 0.05) is 0 Å². The minimum Gasteiger partial charge on any atom is -0.870 e. The van der Waals surface area contributed by atoms with Crippen LogP contribution < -0.4 is 39.4 Å². The summed E-state index contributed by atoms with van der Waals surface area (Å²) in [6, 6.07) is 10.6. The summed E-state index contributed by atoms with van der Waals surface area (Å²) >= 11 is 0. The summed E-state index contributed by atoms with van der Waals surface area (Å²) in [5.41, 5.74) is 0.955. The summed E-state index contributed by atoms with van der Waals surface area (Å²) in [4.78, 5) is -0.362. The monoisotopic (exact) mass is 470 g/mol. The second kappa shape index (κ2) is 15.7. The smallest absolute Gasteiger partial charge is 0.870 e. The van der Waals surface area contributed by atoms with Gasteiger partial charge in [-0.25, -0.2) is 0 Å². The molecule has 0 spiro atoms. The summed E-state index contributed by atoms with van der Waals surface area (Å²) in [5.74, 6) is -0.329. The molecular formula is C25H35NaO5S. The molecule has 0 amide bonds. The van der Waals surface area contributed by atoms with Gasteiger partial charge in [-0.05, 0) is 36.6 Å². The van der Waals surface area contributed by atoms with E-state index in [4.69, 9.17) is 4.74 Å². The fourth-order valence-corrected chi connectivity index (χ4v) is 4.27. The number of ether oxygens (including phenoxy) is 1. The molecule has 0 saturated heterocycles. The van der Waals surface area contributed by atoms with Crippen LogP contribution in [0.25, 0.3) is 0 Å². The van der Waals surface area contributed by atoms with Gasteiger partial charge in [-0.1, -0.05) is 101 Å². The third kappa shape index (κ3) is 10.7. The molecule has 7 heteroatoms. The molecule has 0 aliphatic heterocycles. The molecule has 0 aliphatic rings. The van der Waals surface area contributed by atoms with E-state index in [1.807, 2.05) is 6.07 Å². The van der Waals surface area contributed by atoms with E-state index in [2.05, 4.69) is 6.92 Å². The first-order valence-electron chi connectivity index (χ1n) is 11.5. The zero-order valence-corrected chi connectivity index (χ0v) is 22.3. The van der Waals surface area contributed by atoms with E-state index < -0.39 is 10.1 Å². The predicted octanol–water partition coefficient (Wildman–Crippen LogP) is 3.66. The summed E-state index contributed by atoms with van der Waals surface area (Å²) in [5, 5.41) is 12.4. The Labute approximate surface area is 215 Å². The molecule has 0 aliphatic carbocycles. The molecule has 0 unspecified atom stereocenters. The van der Waals surface area contributed by atoms with Gasteiger partial charge in [0.15, 0.2) is 0 Å². The van der Waals surface area contributed by atoms with E-state index in [0.29, 0.717) is 0 Å². The number of rotatable bonds is 15. The number of aryl methyl sites for hydroxylation is 1. The second-order valence-electron chi connectivity index (χ2n) is 8.09. The Balaban J connectivity index is 0.00000512. The molecular weight excluding hydrogens is 435 g/mol. The minimum atomic E-state index is -4.43. The van der Waals surface area contributed by atoms with E-state index in [1.54, 1.807) is 18.2 Å². The van der Waals surface area contributed by atoms with E-state index in [9.17, 15) is 18.1 Å². The number of unbranched alkanes of at least 4 members (excludes halogenated alkanes) is 10. The first kappa shape index (κ1) is 29.0. The second-order valence-corrected chi connectivity index (χ2v) is 9.48. The third-order valence-electron chi connectivity index (χ3n) is 5.42. The third-order valence-corrected chi connectivity index (χ3v) is 6.32. The Morgan fingerprint density at radius 2 is 1.38 bits per heavy atom. The van der Waals surface area contributed by atoms with Gasteiger partial charge in [0.1, 0.15) is 16.4 Å². The Bertz CT molecular complexity index is 899. The molecule has 2 aromatic rings. The standard InChI is InChI=1S/C25H36O5S.Na/c1-2-3-4-5-6-7-8-9-10-11-12-15-21-18-19-23(22(26)20-21)30-24-16-13-14-17-25(24)31(27,28)29;/h13-14,16-20,26H,2-12,15H2,1H3,(H,27,28,29);/q;+1/p-1. The van der Waals surface area contributed by atoms with Crippen LogP contribution in [0, 0.1) is 0 Å². The Hall–Kier alpha value is -1.05. The van der Waals surface area contributed by atoms with E-state index in [0.717, 1.165) is 24.8 Å². The van der Waals surface area contributed by atoms with Crippen LogP contribution in [-0.2, 0) is 16.5 Å². The Kier molecular flexibility index (Phi) is 14.2. The SMILES string of the molecule is CCCCCCCCCCCCCc1ccc(Oc2ccccc2S(=O)(=O)O)c([O-])c1.[Na+]. The van der Waals surface area contributed by atoms with Gasteiger partial charge in [0.2, 0.25) is 0 Å². The first-order chi connectivity index (χ1) is 14.9. The van der Waals surface area contributed by atoms with Crippen LogP contribution in [0.1, 0.15) is 83.1 Å². The summed E-state index contributed by atoms with van der Waals surface area (Å²) < 4.78 is 37.7. The molecule has 0 saturated carbocycles. The van der Waals surface area contributed by atoms with Crippen molar-refractivity contribution in [1.29, 1.82) is 0 Å². The number of benzene rings is 2. The number of hydrogen-bond donors (Lipinski definition) is 1. The van der Waals surface area contributed by atoms with Crippen LogP contribution in [0.4, 0.5) is 0 Å². The van der Waals surface area contributed by atoms with Gasteiger partial charge in [-0.15, -0.1) is 0 Å². The van der Waals surface area contributed by atoms with Gasteiger partial charge in [-0.2, -0.15) is 8.42 Å². The fourth-order valence-electron chi connectivity index (χ4n) is 3.65. The summed E-state index contributed by atoms with van der Waals surface area (Å²) in [6.45, 7) is 2.24. The molecule has 1 N–H and O–H groups in total. The van der Waals surface area contributed by atoms with Crippen molar-refractivity contribution in [2.75, 3.05) is 0 Å². The predicted molar refractivity (Wildman–Crippen MR) is 122 cm³/mol. The zero-order valence-electron chi connectivity index (χ0n) is 19.5. The van der Waals surface area contributed by atoms with Crippen molar-refractivity contribution in [2.45, 2.75) is 88.9 Å². The normalized spacial score (nSPS) is 11.2. The maximum atomic E-state index is 12.4. The van der Waals surface area contributed by atoms with Crippen molar-refractivity contribution < 1.29 is 52.4 Å². The van der Waals surface area contributed by atoms with Gasteiger partial charge in [0.25, 0.3) is 10.1 Å². The Morgan fingerprint density at radius 1 is 0.812 bits per heavy atom. The molecule has 2 rings (SSSR count). The maximum Gasteiger partial charge on any atom is 1.00 e. The molecule has 0 bridgehead atoms. The fraction of sp³-hybridized carbons (Fsp3) is 0.520. The molecule has 0 aromatic heterocycles. The molecule has 32 heavy (non-hydrogen) atoms. The largest absolute Gasteiger partial charge is 1.00 e. The van der Waals surface area contributed by atoms with E-state index >= 15 is 0 Å². The van der Waals surface area contributed by atoms with Gasteiger partial charge in [-0.3, -0.25) is 4.55 Å². The maximum absolute atomic E-state index is 12.4. The average molecular weight is 471 g/mol. The topological polar surface area (TPSA) is 86.7 Å². The molecule has 2 aromatic carbocycles. The number of para-hydroxylation sites is 1. The van der Waals surface area contributed by atoms with Crippen molar-refractivity contribution >= 4 is 10.1 Å². The number of hydrogen-bond acceptors (Lipinski definition) is 4. The van der Waals surface area contributed by atoms with E-state index in [-0.39, 0.29) is 51.7 Å². The zero-order chi connectivity index (χ0) is 22.5. The quantitative estimate of drug-likeness (QED) is 0.244. The van der Waals surface area contributed by atoms with Gasteiger partial charge >= 0.3 is 29.6 Å². The van der Waals surface area contributed by atoms with Crippen LogP contribution in [0.5, 0.6) is 17.2 Å². The van der Waals surface area contributed by atoms with Crippen molar-refractivity contribution in [3.63, 3.8) is 0 Å². The average Bonchev–Trinajstić information content (AvgIpc) is 2.73. The molecule has 0 radical (unpaired) electrons. The molecule has 0 fully saturated rings. The molecule has 0 heterocycles. The molecule has 172 valence electrons. The first-order valence-corrected chi connectivity index (χ1v) is 12.9. The Morgan fingerprint density at radius 3 is 1.94 bits per heavy atom. The van der Waals surface area contributed by atoms with Gasteiger partial charge in [0.05, 0.1) is 0 Å². The minimum absolute atomic E-state index is 0. The van der Waals surface area contributed by atoms with Gasteiger partial charge < -0.3 is 9.84 Å². The molecule has 0 atom stereocenters. The van der Waals surface area contributed by atoms with Crippen LogP contribution in [-0.4, -0.2) is 13.0 Å². The summed E-state index contributed by atoms with van der Waals surface area (Å²) in [6.07, 6.45) is 14.9.